The summed E-state index contributed by atoms with van der Waals surface area (Å²) in [4.78, 5) is 11.8. The number of fused-ring (bicyclic) bond motifs is 1. The molecule has 1 aromatic rings. The zero-order chi connectivity index (χ0) is 14.4. The molecule has 0 radical (unpaired) electrons. The number of benzene rings is 1. The fourth-order valence-electron chi connectivity index (χ4n) is 1.73. The van der Waals surface area contributed by atoms with Gasteiger partial charge in [0, 0.05) is 25.8 Å². The van der Waals surface area contributed by atoms with Crippen molar-refractivity contribution in [1.29, 1.82) is 0 Å². The van der Waals surface area contributed by atoms with Crippen LogP contribution in [0.1, 0.15) is 0 Å². The molecular weight excluding hydrogens is 284 g/mol. The van der Waals surface area contributed by atoms with Crippen LogP contribution in [0.25, 0.3) is 0 Å². The molecule has 7 heteroatoms. The molecule has 1 aliphatic rings. The Balaban J connectivity index is 1.93. The Morgan fingerprint density at radius 1 is 1.35 bits per heavy atom. The standard InChI is InChI=1S/C13H17ClN2O4/c1-18-3-2-15-8-13(17)16-10-7-12-11(6-9(10)14)19-4-5-20-12/h6-7,15H,2-5,8H2,1H3,(H,16,17). The lowest BCUT2D eigenvalue weighted by Gasteiger charge is -2.20. The monoisotopic (exact) mass is 300 g/mol. The highest BCUT2D eigenvalue weighted by molar-refractivity contribution is 6.34. The van der Waals surface area contributed by atoms with Gasteiger partial charge in [0.15, 0.2) is 11.5 Å². The van der Waals surface area contributed by atoms with Crippen LogP contribution in [-0.4, -0.2) is 45.9 Å². The lowest BCUT2D eigenvalue weighted by atomic mass is 10.2. The Bertz CT molecular complexity index is 482. The van der Waals surface area contributed by atoms with Crippen LogP contribution in [0.2, 0.25) is 5.02 Å². The van der Waals surface area contributed by atoms with E-state index in [1.165, 1.54) is 0 Å². The highest BCUT2D eigenvalue weighted by Gasteiger charge is 2.16. The van der Waals surface area contributed by atoms with Gasteiger partial charge in [-0.3, -0.25) is 4.79 Å². The van der Waals surface area contributed by atoms with Crippen molar-refractivity contribution in [2.24, 2.45) is 0 Å². The predicted molar refractivity (Wildman–Crippen MR) is 75.8 cm³/mol. The molecule has 0 bridgehead atoms. The summed E-state index contributed by atoms with van der Waals surface area (Å²) in [5, 5.41) is 6.10. The summed E-state index contributed by atoms with van der Waals surface area (Å²) >= 11 is 6.10. The molecule has 2 rings (SSSR count). The van der Waals surface area contributed by atoms with Crippen molar-refractivity contribution < 1.29 is 19.0 Å². The zero-order valence-electron chi connectivity index (χ0n) is 11.2. The molecule has 0 spiro atoms. The minimum atomic E-state index is -0.181. The molecule has 1 aromatic carbocycles. The minimum absolute atomic E-state index is 0.181. The van der Waals surface area contributed by atoms with Crippen molar-refractivity contribution in [2.75, 3.05) is 45.3 Å². The molecule has 2 N–H and O–H groups in total. The van der Waals surface area contributed by atoms with E-state index in [0.717, 1.165) is 0 Å². The Hall–Kier alpha value is -1.50. The van der Waals surface area contributed by atoms with Gasteiger partial charge in [0.25, 0.3) is 0 Å². The van der Waals surface area contributed by atoms with Crippen molar-refractivity contribution in [3.8, 4) is 11.5 Å². The molecule has 0 aliphatic carbocycles. The summed E-state index contributed by atoms with van der Waals surface area (Å²) < 4.78 is 15.7. The molecule has 0 aromatic heterocycles. The zero-order valence-corrected chi connectivity index (χ0v) is 12.0. The predicted octanol–water partition coefficient (Wildman–Crippen LogP) is 1.29. The van der Waals surface area contributed by atoms with Gasteiger partial charge in [0.05, 0.1) is 23.9 Å². The van der Waals surface area contributed by atoms with Gasteiger partial charge < -0.3 is 24.8 Å². The number of rotatable bonds is 6. The number of hydrogen-bond acceptors (Lipinski definition) is 5. The Labute approximate surface area is 122 Å². The molecule has 0 saturated heterocycles. The van der Waals surface area contributed by atoms with E-state index < -0.39 is 0 Å². The third-order valence-corrected chi connectivity index (χ3v) is 2.99. The Morgan fingerprint density at radius 2 is 2.05 bits per heavy atom. The third kappa shape index (κ3) is 4.00. The SMILES string of the molecule is COCCNCC(=O)Nc1cc2c(cc1Cl)OCCO2. The summed E-state index contributed by atoms with van der Waals surface area (Å²) in [5.74, 6) is 1.00. The molecule has 6 nitrogen and oxygen atoms in total. The summed E-state index contributed by atoms with van der Waals surface area (Å²) in [6.45, 7) is 2.34. The Morgan fingerprint density at radius 3 is 2.75 bits per heavy atom. The largest absolute Gasteiger partial charge is 0.486 e. The smallest absolute Gasteiger partial charge is 0.238 e. The highest BCUT2D eigenvalue weighted by Crippen LogP contribution is 2.37. The molecule has 1 amide bonds. The van der Waals surface area contributed by atoms with Gasteiger partial charge in [-0.15, -0.1) is 0 Å². The van der Waals surface area contributed by atoms with E-state index in [1.54, 1.807) is 19.2 Å². The van der Waals surface area contributed by atoms with E-state index in [9.17, 15) is 4.79 Å². The molecule has 1 heterocycles. The van der Waals surface area contributed by atoms with Crippen LogP contribution in [0.5, 0.6) is 11.5 Å². The fraction of sp³-hybridized carbons (Fsp3) is 0.462. The molecule has 0 saturated carbocycles. The minimum Gasteiger partial charge on any atom is -0.486 e. The van der Waals surface area contributed by atoms with Gasteiger partial charge in [-0.05, 0) is 0 Å². The van der Waals surface area contributed by atoms with E-state index in [1.807, 2.05) is 0 Å². The number of amides is 1. The van der Waals surface area contributed by atoms with Gasteiger partial charge in [-0.25, -0.2) is 0 Å². The fourth-order valence-corrected chi connectivity index (χ4v) is 1.93. The summed E-state index contributed by atoms with van der Waals surface area (Å²) in [7, 11) is 1.61. The average Bonchev–Trinajstić information content (AvgIpc) is 2.44. The van der Waals surface area contributed by atoms with Gasteiger partial charge in [-0.2, -0.15) is 0 Å². The first-order valence-corrected chi connectivity index (χ1v) is 6.67. The van der Waals surface area contributed by atoms with Crippen molar-refractivity contribution in [3.63, 3.8) is 0 Å². The molecule has 110 valence electrons. The maximum Gasteiger partial charge on any atom is 0.238 e. The average molecular weight is 301 g/mol. The number of carbonyl (C=O) groups is 1. The second kappa shape index (κ2) is 7.33. The highest BCUT2D eigenvalue weighted by atomic mass is 35.5. The van der Waals surface area contributed by atoms with Crippen LogP contribution in [0, 0.1) is 0 Å². The number of hydrogen-bond donors (Lipinski definition) is 2. The van der Waals surface area contributed by atoms with E-state index in [4.69, 9.17) is 25.8 Å². The number of anilines is 1. The number of nitrogens with one attached hydrogen (secondary N) is 2. The van der Waals surface area contributed by atoms with Gasteiger partial charge in [0.2, 0.25) is 5.91 Å². The molecule has 20 heavy (non-hydrogen) atoms. The van der Waals surface area contributed by atoms with Crippen LogP contribution >= 0.6 is 11.6 Å². The Kier molecular flexibility index (Phi) is 5.46. The number of halogens is 1. The van der Waals surface area contributed by atoms with E-state index in [0.29, 0.717) is 48.6 Å². The summed E-state index contributed by atoms with van der Waals surface area (Å²) in [5.41, 5.74) is 0.509. The van der Waals surface area contributed by atoms with Crippen LogP contribution in [0.3, 0.4) is 0 Å². The van der Waals surface area contributed by atoms with Gasteiger partial charge >= 0.3 is 0 Å². The lowest BCUT2D eigenvalue weighted by Crippen LogP contribution is -2.30. The van der Waals surface area contributed by atoms with Gasteiger partial charge in [-0.1, -0.05) is 11.6 Å². The van der Waals surface area contributed by atoms with E-state index in [2.05, 4.69) is 10.6 Å². The number of carbonyl (C=O) groups excluding carboxylic acids is 1. The quantitative estimate of drug-likeness (QED) is 0.775. The van der Waals surface area contributed by atoms with Crippen LogP contribution in [0.15, 0.2) is 12.1 Å². The van der Waals surface area contributed by atoms with Crippen LogP contribution < -0.4 is 20.1 Å². The summed E-state index contributed by atoms with van der Waals surface area (Å²) in [6.07, 6.45) is 0. The first kappa shape index (κ1) is 14.9. The normalized spacial score (nSPS) is 13.1. The van der Waals surface area contributed by atoms with Crippen LogP contribution in [-0.2, 0) is 9.53 Å². The maximum atomic E-state index is 11.8. The molecule has 0 atom stereocenters. The molecule has 1 aliphatic heterocycles. The van der Waals surface area contributed by atoms with Gasteiger partial charge in [0.1, 0.15) is 13.2 Å². The second-order valence-corrected chi connectivity index (χ2v) is 4.60. The second-order valence-electron chi connectivity index (χ2n) is 4.19. The first-order chi connectivity index (χ1) is 9.70. The van der Waals surface area contributed by atoms with E-state index >= 15 is 0 Å². The summed E-state index contributed by atoms with van der Waals surface area (Å²) in [6, 6.07) is 3.31. The van der Waals surface area contributed by atoms with Crippen molar-refractivity contribution in [1.82, 2.24) is 5.32 Å². The number of ether oxygens (including phenoxy) is 3. The maximum absolute atomic E-state index is 11.8. The van der Waals surface area contributed by atoms with Crippen LogP contribution in [0.4, 0.5) is 5.69 Å². The molecular formula is C13H17ClN2O4. The lowest BCUT2D eigenvalue weighted by molar-refractivity contribution is -0.115. The molecule has 0 unspecified atom stereocenters. The van der Waals surface area contributed by atoms with Crippen molar-refractivity contribution in [3.05, 3.63) is 17.2 Å². The topological polar surface area (TPSA) is 68.8 Å². The third-order valence-electron chi connectivity index (χ3n) is 2.67. The van der Waals surface area contributed by atoms with Crippen molar-refractivity contribution in [2.45, 2.75) is 0 Å². The van der Waals surface area contributed by atoms with Crippen molar-refractivity contribution >= 4 is 23.2 Å². The first-order valence-electron chi connectivity index (χ1n) is 6.29. The molecule has 0 fully saturated rings. The number of methoxy groups -OCH3 is 1. The van der Waals surface area contributed by atoms with E-state index in [-0.39, 0.29) is 12.5 Å².